The number of hydrogen-bond donors (Lipinski definition) is 2. The molecule has 0 aliphatic rings. The average molecular weight is 222 g/mol. The van der Waals surface area contributed by atoms with Crippen LogP contribution >= 0.6 is 0 Å². The highest BCUT2D eigenvalue weighted by atomic mass is 16.5. The van der Waals surface area contributed by atoms with Gasteiger partial charge in [0.1, 0.15) is 6.61 Å². The summed E-state index contributed by atoms with van der Waals surface area (Å²) in [7, 11) is 0. The fourth-order valence-corrected chi connectivity index (χ4v) is 1.12. The number of alkyl carbamates (subject to hydrolysis) is 1. The van der Waals surface area contributed by atoms with E-state index in [2.05, 4.69) is 5.32 Å². The molecule has 4 heteroatoms. The molecule has 0 saturated heterocycles. The quantitative estimate of drug-likeness (QED) is 0.796. The molecule has 0 aliphatic heterocycles. The highest BCUT2D eigenvalue weighted by Crippen LogP contribution is 1.97. The van der Waals surface area contributed by atoms with Gasteiger partial charge in [-0.3, -0.25) is 0 Å². The molecule has 1 amide bonds. The molecule has 4 nitrogen and oxygen atoms in total. The molecule has 1 rings (SSSR count). The van der Waals surface area contributed by atoms with Crippen molar-refractivity contribution in [3.8, 4) is 0 Å². The summed E-state index contributed by atoms with van der Waals surface area (Å²) in [6.07, 6.45) is 0.374. The van der Waals surface area contributed by atoms with Crippen molar-refractivity contribution in [2.75, 3.05) is 6.61 Å². The van der Waals surface area contributed by atoms with Crippen LogP contribution in [0.3, 0.4) is 0 Å². The number of ether oxygens (including phenoxy) is 1. The van der Waals surface area contributed by atoms with Gasteiger partial charge in [0.15, 0.2) is 0 Å². The van der Waals surface area contributed by atoms with Crippen molar-refractivity contribution in [1.29, 1.82) is 0 Å². The zero-order chi connectivity index (χ0) is 11.8. The van der Waals surface area contributed by atoms with Crippen LogP contribution < -0.4 is 11.1 Å². The Labute approximate surface area is 95.8 Å². The van der Waals surface area contributed by atoms with Crippen molar-refractivity contribution in [1.82, 2.24) is 5.32 Å². The molecule has 0 unspecified atom stereocenters. The molecule has 1 aromatic carbocycles. The second-order valence-electron chi connectivity index (χ2n) is 3.61. The second kappa shape index (κ2) is 6.85. The van der Waals surface area contributed by atoms with Crippen LogP contribution in [0.1, 0.15) is 18.9 Å². The summed E-state index contributed by atoms with van der Waals surface area (Å²) < 4.78 is 4.94. The Morgan fingerprint density at radius 2 is 2.12 bits per heavy atom. The van der Waals surface area contributed by atoms with E-state index in [4.69, 9.17) is 10.5 Å². The van der Waals surface area contributed by atoms with E-state index >= 15 is 0 Å². The lowest BCUT2D eigenvalue weighted by atomic mass is 10.2. The predicted octanol–water partition coefficient (Wildman–Crippen LogP) is 1.65. The van der Waals surface area contributed by atoms with E-state index in [-0.39, 0.29) is 12.6 Å². The topological polar surface area (TPSA) is 64.3 Å². The zero-order valence-electron chi connectivity index (χ0n) is 9.48. The summed E-state index contributed by atoms with van der Waals surface area (Å²) in [5, 5.41) is 2.66. The third kappa shape index (κ3) is 4.79. The SMILES string of the molecule is CC[C@@H](N)COC(=O)NCc1ccccc1. The van der Waals surface area contributed by atoms with Crippen molar-refractivity contribution in [3.63, 3.8) is 0 Å². The molecule has 1 atom stereocenters. The van der Waals surface area contributed by atoms with Gasteiger partial charge in [0.25, 0.3) is 0 Å². The third-order valence-corrected chi connectivity index (χ3v) is 2.23. The fraction of sp³-hybridized carbons (Fsp3) is 0.417. The molecule has 0 bridgehead atoms. The summed E-state index contributed by atoms with van der Waals surface area (Å²) in [5.41, 5.74) is 6.66. The van der Waals surface area contributed by atoms with Gasteiger partial charge in [-0.05, 0) is 12.0 Å². The fourth-order valence-electron chi connectivity index (χ4n) is 1.12. The Morgan fingerprint density at radius 3 is 2.75 bits per heavy atom. The maximum atomic E-state index is 11.2. The van der Waals surface area contributed by atoms with Gasteiger partial charge >= 0.3 is 6.09 Å². The van der Waals surface area contributed by atoms with E-state index in [9.17, 15) is 4.79 Å². The second-order valence-corrected chi connectivity index (χ2v) is 3.61. The van der Waals surface area contributed by atoms with Crippen LogP contribution in [0.25, 0.3) is 0 Å². The van der Waals surface area contributed by atoms with E-state index in [0.29, 0.717) is 6.54 Å². The van der Waals surface area contributed by atoms with Gasteiger partial charge in [-0.1, -0.05) is 37.3 Å². The molecule has 0 heterocycles. The number of hydrogen-bond acceptors (Lipinski definition) is 3. The molecule has 0 aliphatic carbocycles. The maximum Gasteiger partial charge on any atom is 0.407 e. The molecule has 16 heavy (non-hydrogen) atoms. The van der Waals surface area contributed by atoms with Crippen LogP contribution in [-0.4, -0.2) is 18.7 Å². The molecule has 88 valence electrons. The van der Waals surface area contributed by atoms with Gasteiger partial charge in [0, 0.05) is 12.6 Å². The summed E-state index contributed by atoms with van der Waals surface area (Å²) in [6.45, 7) is 2.69. The minimum atomic E-state index is -0.423. The standard InChI is InChI=1S/C12H18N2O2/c1-2-11(13)9-16-12(15)14-8-10-6-4-3-5-7-10/h3-7,11H,2,8-9,13H2,1H3,(H,14,15)/t11-/m1/s1. The molecule has 0 saturated carbocycles. The first-order chi connectivity index (χ1) is 7.72. The monoisotopic (exact) mass is 222 g/mol. The van der Waals surface area contributed by atoms with Gasteiger partial charge in [0.2, 0.25) is 0 Å². The summed E-state index contributed by atoms with van der Waals surface area (Å²) in [4.78, 5) is 11.2. The summed E-state index contributed by atoms with van der Waals surface area (Å²) >= 11 is 0. The van der Waals surface area contributed by atoms with Crippen LogP contribution in [0.4, 0.5) is 4.79 Å². The average Bonchev–Trinajstić information content (AvgIpc) is 2.34. The smallest absolute Gasteiger partial charge is 0.407 e. The lowest BCUT2D eigenvalue weighted by Crippen LogP contribution is -2.31. The van der Waals surface area contributed by atoms with Crippen LogP contribution in [0.15, 0.2) is 30.3 Å². The largest absolute Gasteiger partial charge is 0.448 e. The lowest BCUT2D eigenvalue weighted by Gasteiger charge is -2.10. The number of rotatable bonds is 5. The van der Waals surface area contributed by atoms with Crippen molar-refractivity contribution >= 4 is 6.09 Å². The van der Waals surface area contributed by atoms with E-state index < -0.39 is 6.09 Å². The van der Waals surface area contributed by atoms with E-state index in [0.717, 1.165) is 12.0 Å². The van der Waals surface area contributed by atoms with Gasteiger partial charge in [-0.15, -0.1) is 0 Å². The van der Waals surface area contributed by atoms with E-state index in [1.165, 1.54) is 0 Å². The molecule has 0 radical (unpaired) electrons. The number of amides is 1. The normalized spacial score (nSPS) is 11.9. The molecule has 0 aromatic heterocycles. The molecule has 1 aromatic rings. The van der Waals surface area contributed by atoms with Crippen molar-refractivity contribution in [2.45, 2.75) is 25.9 Å². The number of nitrogens with one attached hydrogen (secondary N) is 1. The van der Waals surface area contributed by atoms with Gasteiger partial charge < -0.3 is 15.8 Å². The molecular formula is C12H18N2O2. The Balaban J connectivity index is 2.20. The first-order valence-corrected chi connectivity index (χ1v) is 5.42. The summed E-state index contributed by atoms with van der Waals surface area (Å²) in [5.74, 6) is 0. The number of carbonyl (C=O) groups is 1. The zero-order valence-corrected chi connectivity index (χ0v) is 9.48. The van der Waals surface area contributed by atoms with Crippen molar-refractivity contribution < 1.29 is 9.53 Å². The molecular weight excluding hydrogens is 204 g/mol. The highest BCUT2D eigenvalue weighted by Gasteiger charge is 2.04. The van der Waals surface area contributed by atoms with Crippen molar-refractivity contribution in [3.05, 3.63) is 35.9 Å². The van der Waals surface area contributed by atoms with Crippen LogP contribution in [0.5, 0.6) is 0 Å². The van der Waals surface area contributed by atoms with Crippen LogP contribution in [0.2, 0.25) is 0 Å². The number of nitrogens with two attached hydrogens (primary N) is 1. The minimum Gasteiger partial charge on any atom is -0.448 e. The number of carbonyl (C=O) groups excluding carboxylic acids is 1. The first-order valence-electron chi connectivity index (χ1n) is 5.42. The van der Waals surface area contributed by atoms with Gasteiger partial charge in [0.05, 0.1) is 0 Å². The highest BCUT2D eigenvalue weighted by molar-refractivity contribution is 5.67. The first kappa shape index (κ1) is 12.5. The Kier molecular flexibility index (Phi) is 5.36. The molecule has 3 N–H and O–H groups in total. The Bertz CT molecular complexity index is 314. The number of benzene rings is 1. The van der Waals surface area contributed by atoms with Gasteiger partial charge in [-0.25, -0.2) is 4.79 Å². The Morgan fingerprint density at radius 1 is 1.44 bits per heavy atom. The Hall–Kier alpha value is -1.55. The molecule has 0 spiro atoms. The van der Waals surface area contributed by atoms with E-state index in [1.54, 1.807) is 0 Å². The minimum absolute atomic E-state index is 0.0810. The van der Waals surface area contributed by atoms with E-state index in [1.807, 2.05) is 37.3 Å². The van der Waals surface area contributed by atoms with Crippen molar-refractivity contribution in [2.24, 2.45) is 5.73 Å². The van der Waals surface area contributed by atoms with Crippen LogP contribution in [-0.2, 0) is 11.3 Å². The maximum absolute atomic E-state index is 11.2. The lowest BCUT2D eigenvalue weighted by molar-refractivity contribution is 0.138. The molecule has 0 fully saturated rings. The predicted molar refractivity (Wildman–Crippen MR) is 62.9 cm³/mol. The summed E-state index contributed by atoms with van der Waals surface area (Å²) in [6, 6.07) is 9.59. The van der Waals surface area contributed by atoms with Crippen LogP contribution in [0, 0.1) is 0 Å². The third-order valence-electron chi connectivity index (χ3n) is 2.23. The van der Waals surface area contributed by atoms with Gasteiger partial charge in [-0.2, -0.15) is 0 Å².